The zero-order chi connectivity index (χ0) is 13.8. The average Bonchev–Trinajstić information content (AvgIpc) is 2.87. The molecule has 1 aromatic carbocycles. The molecular weight excluding hydrogens is 288 g/mol. The van der Waals surface area contributed by atoms with Gasteiger partial charge < -0.3 is 0 Å². The van der Waals surface area contributed by atoms with Crippen molar-refractivity contribution in [1.29, 1.82) is 0 Å². The fourth-order valence-corrected chi connectivity index (χ4v) is 3.74. The molecule has 0 fully saturated rings. The van der Waals surface area contributed by atoms with Crippen molar-refractivity contribution in [3.05, 3.63) is 42.9 Å². The van der Waals surface area contributed by atoms with Crippen molar-refractivity contribution in [1.82, 2.24) is 19.7 Å². The van der Waals surface area contributed by atoms with Crippen LogP contribution < -0.4 is 0 Å². The van der Waals surface area contributed by atoms with Crippen LogP contribution >= 0.6 is 23.5 Å². The van der Waals surface area contributed by atoms with Crippen molar-refractivity contribution >= 4 is 34.6 Å². The minimum Gasteiger partial charge on any atom is -0.250 e. The predicted molar refractivity (Wildman–Crippen MR) is 84.2 cm³/mol. The summed E-state index contributed by atoms with van der Waals surface area (Å²) in [5, 5.41) is 6.27. The molecule has 4 nitrogen and oxygen atoms in total. The minimum atomic E-state index is 0.887. The molecule has 6 heteroatoms. The van der Waals surface area contributed by atoms with Crippen LogP contribution in [0.4, 0.5) is 0 Å². The summed E-state index contributed by atoms with van der Waals surface area (Å²) in [5.74, 6) is 2.07. The Morgan fingerprint density at radius 3 is 2.70 bits per heavy atom. The smallest absolute Gasteiger partial charge is 0.162 e. The van der Waals surface area contributed by atoms with Crippen LogP contribution in [0.1, 0.15) is 0 Å². The summed E-state index contributed by atoms with van der Waals surface area (Å²) in [6.07, 6.45) is 3.44. The molecule has 0 radical (unpaired) electrons. The van der Waals surface area contributed by atoms with Crippen LogP contribution in [0.15, 0.2) is 52.8 Å². The lowest BCUT2D eigenvalue weighted by Gasteiger charge is -2.02. The summed E-state index contributed by atoms with van der Waals surface area (Å²) in [6, 6.07) is 10.5. The Morgan fingerprint density at radius 1 is 1.05 bits per heavy atom. The van der Waals surface area contributed by atoms with Crippen LogP contribution in [0.3, 0.4) is 0 Å². The summed E-state index contributed by atoms with van der Waals surface area (Å²) < 4.78 is 1.78. The molecule has 0 unspecified atom stereocenters. The summed E-state index contributed by atoms with van der Waals surface area (Å²) in [4.78, 5) is 9.91. The summed E-state index contributed by atoms with van der Waals surface area (Å²) in [7, 11) is 1.90. The monoisotopic (exact) mass is 302 g/mol. The van der Waals surface area contributed by atoms with Crippen molar-refractivity contribution < 1.29 is 0 Å². The molecule has 0 spiro atoms. The van der Waals surface area contributed by atoms with E-state index in [-0.39, 0.29) is 0 Å². The lowest BCUT2D eigenvalue weighted by molar-refractivity contribution is 0.784. The molecule has 102 valence electrons. The van der Waals surface area contributed by atoms with Crippen LogP contribution in [0, 0.1) is 0 Å². The van der Waals surface area contributed by atoms with E-state index in [0.717, 1.165) is 27.6 Å². The lowest BCUT2D eigenvalue weighted by atomic mass is 10.4. The maximum Gasteiger partial charge on any atom is 0.162 e. The third kappa shape index (κ3) is 2.96. The number of aromatic nitrogens is 4. The zero-order valence-corrected chi connectivity index (χ0v) is 12.7. The number of aryl methyl sites for hydroxylation is 1. The van der Waals surface area contributed by atoms with Crippen molar-refractivity contribution in [2.24, 2.45) is 7.05 Å². The number of fused-ring (bicyclic) bond motifs is 1. The fourth-order valence-electron chi connectivity index (χ4n) is 1.87. The molecule has 3 aromatic rings. The van der Waals surface area contributed by atoms with Gasteiger partial charge in [0.25, 0.3) is 0 Å². The number of nitrogens with zero attached hydrogens (tertiary/aromatic N) is 4. The third-order valence-corrected chi connectivity index (χ3v) is 5.11. The first-order chi connectivity index (χ1) is 9.84. The fraction of sp³-hybridized carbons (Fsp3) is 0.214. The van der Waals surface area contributed by atoms with E-state index in [2.05, 4.69) is 39.3 Å². The van der Waals surface area contributed by atoms with Gasteiger partial charge in [0.2, 0.25) is 0 Å². The average molecular weight is 302 g/mol. The molecule has 0 saturated carbocycles. The van der Waals surface area contributed by atoms with Gasteiger partial charge in [-0.2, -0.15) is 5.10 Å². The molecule has 3 rings (SSSR count). The van der Waals surface area contributed by atoms with Gasteiger partial charge in [-0.25, -0.2) is 9.97 Å². The highest BCUT2D eigenvalue weighted by Gasteiger charge is 2.07. The van der Waals surface area contributed by atoms with Crippen molar-refractivity contribution in [2.75, 3.05) is 11.5 Å². The molecule has 0 aliphatic rings. The van der Waals surface area contributed by atoms with E-state index in [0.29, 0.717) is 0 Å². The highest BCUT2D eigenvalue weighted by atomic mass is 32.2. The van der Waals surface area contributed by atoms with E-state index < -0.39 is 0 Å². The minimum absolute atomic E-state index is 0.887. The SMILES string of the molecule is Cn1ncc2c(SCCSc3ccccc3)ncnc21. The quantitative estimate of drug-likeness (QED) is 0.411. The summed E-state index contributed by atoms with van der Waals surface area (Å²) in [6.45, 7) is 0. The summed E-state index contributed by atoms with van der Waals surface area (Å²) >= 11 is 3.62. The van der Waals surface area contributed by atoms with Gasteiger partial charge in [-0.05, 0) is 12.1 Å². The normalized spacial score (nSPS) is 11.1. The molecule has 20 heavy (non-hydrogen) atoms. The first-order valence-corrected chi connectivity index (χ1v) is 8.25. The van der Waals surface area contributed by atoms with Gasteiger partial charge in [0, 0.05) is 23.4 Å². The molecule has 0 amide bonds. The standard InChI is InChI=1S/C14H14N4S2/c1-18-13-12(9-17-18)14(16-10-15-13)20-8-7-19-11-5-3-2-4-6-11/h2-6,9-10H,7-8H2,1H3. The molecular formula is C14H14N4S2. The summed E-state index contributed by atoms with van der Waals surface area (Å²) in [5.41, 5.74) is 0.887. The van der Waals surface area contributed by atoms with E-state index in [1.807, 2.05) is 31.1 Å². The Kier molecular flexibility index (Phi) is 4.22. The molecule has 2 heterocycles. The van der Waals surface area contributed by atoms with Crippen LogP contribution in [-0.2, 0) is 7.05 Å². The highest BCUT2D eigenvalue weighted by molar-refractivity contribution is 8.03. The van der Waals surface area contributed by atoms with Crippen LogP contribution in [-0.4, -0.2) is 31.3 Å². The molecule has 0 saturated heterocycles. The second-order valence-corrected chi connectivity index (χ2v) is 6.45. The van der Waals surface area contributed by atoms with Gasteiger partial charge in [-0.15, -0.1) is 23.5 Å². The van der Waals surface area contributed by atoms with Crippen molar-refractivity contribution in [3.8, 4) is 0 Å². The second-order valence-electron chi connectivity index (χ2n) is 4.19. The Hall–Kier alpha value is -1.53. The Labute approximate surface area is 126 Å². The van der Waals surface area contributed by atoms with Gasteiger partial charge in [0.15, 0.2) is 5.65 Å². The van der Waals surface area contributed by atoms with Gasteiger partial charge >= 0.3 is 0 Å². The van der Waals surface area contributed by atoms with Crippen molar-refractivity contribution in [2.45, 2.75) is 9.92 Å². The highest BCUT2D eigenvalue weighted by Crippen LogP contribution is 2.26. The maximum absolute atomic E-state index is 4.35. The molecule has 2 aromatic heterocycles. The second kappa shape index (κ2) is 6.28. The Morgan fingerprint density at radius 2 is 1.85 bits per heavy atom. The van der Waals surface area contributed by atoms with E-state index in [9.17, 15) is 0 Å². The van der Waals surface area contributed by atoms with Gasteiger partial charge in [-0.1, -0.05) is 18.2 Å². The van der Waals surface area contributed by atoms with Gasteiger partial charge in [0.1, 0.15) is 11.4 Å². The molecule has 0 N–H and O–H groups in total. The number of hydrogen-bond acceptors (Lipinski definition) is 5. The first-order valence-electron chi connectivity index (χ1n) is 6.28. The maximum atomic E-state index is 4.35. The Bertz CT molecular complexity index is 697. The Balaban J connectivity index is 1.60. The van der Waals surface area contributed by atoms with Gasteiger partial charge in [0.05, 0.1) is 11.6 Å². The number of hydrogen-bond donors (Lipinski definition) is 0. The van der Waals surface area contributed by atoms with Crippen LogP contribution in [0.2, 0.25) is 0 Å². The topological polar surface area (TPSA) is 43.6 Å². The first kappa shape index (κ1) is 13.5. The molecule has 0 aliphatic carbocycles. The largest absolute Gasteiger partial charge is 0.250 e. The van der Waals surface area contributed by atoms with E-state index >= 15 is 0 Å². The van der Waals surface area contributed by atoms with Crippen molar-refractivity contribution in [3.63, 3.8) is 0 Å². The molecule has 0 aliphatic heterocycles. The van der Waals surface area contributed by atoms with E-state index in [1.165, 1.54) is 4.90 Å². The zero-order valence-electron chi connectivity index (χ0n) is 11.1. The van der Waals surface area contributed by atoms with Crippen LogP contribution in [0.25, 0.3) is 11.0 Å². The molecule has 0 atom stereocenters. The van der Waals surface area contributed by atoms with E-state index in [4.69, 9.17) is 0 Å². The van der Waals surface area contributed by atoms with E-state index in [1.54, 1.807) is 22.8 Å². The third-order valence-electron chi connectivity index (χ3n) is 2.83. The number of benzene rings is 1. The number of thioether (sulfide) groups is 2. The van der Waals surface area contributed by atoms with Crippen LogP contribution in [0.5, 0.6) is 0 Å². The predicted octanol–water partition coefficient (Wildman–Crippen LogP) is 3.25. The lowest BCUT2D eigenvalue weighted by Crippen LogP contribution is -1.93. The number of rotatable bonds is 5. The van der Waals surface area contributed by atoms with Gasteiger partial charge in [-0.3, -0.25) is 4.68 Å². The molecule has 0 bridgehead atoms.